The summed E-state index contributed by atoms with van der Waals surface area (Å²) in [6, 6.07) is 25.0. The Bertz CT molecular complexity index is 977. The first-order valence-corrected chi connectivity index (χ1v) is 9.74. The maximum Gasteiger partial charge on any atom is 0.366 e. The molecule has 0 aromatic heterocycles. The molecule has 0 bridgehead atoms. The second kappa shape index (κ2) is 9.37. The number of amides is 1. The molecule has 1 amide bonds. The maximum absolute atomic E-state index is 13.0. The molecule has 3 aromatic carbocycles. The smallest absolute Gasteiger partial charge is 0.306 e. The molecule has 30 heavy (non-hydrogen) atoms. The molecule has 0 fully saturated rings. The van der Waals surface area contributed by atoms with E-state index in [1.807, 2.05) is 42.5 Å². The van der Waals surface area contributed by atoms with Crippen LogP contribution in [0.1, 0.15) is 52.6 Å². The SMILES string of the molecule is CC(C)(C)c1ccc(C(=O)N(OCc2ccccc2)OC(=O)c2ccccc2)cc1. The van der Waals surface area contributed by atoms with Crippen LogP contribution in [-0.4, -0.2) is 17.1 Å². The van der Waals surface area contributed by atoms with E-state index in [0.717, 1.165) is 11.1 Å². The molecular formula is C25H25NO4. The van der Waals surface area contributed by atoms with Crippen LogP contribution in [0.3, 0.4) is 0 Å². The van der Waals surface area contributed by atoms with E-state index in [1.165, 1.54) is 0 Å². The van der Waals surface area contributed by atoms with Crippen molar-refractivity contribution in [2.24, 2.45) is 0 Å². The first kappa shape index (κ1) is 21.3. The second-order valence-corrected chi connectivity index (χ2v) is 7.89. The van der Waals surface area contributed by atoms with Gasteiger partial charge in [-0.05, 0) is 46.0 Å². The normalized spacial score (nSPS) is 11.0. The third-order valence-corrected chi connectivity index (χ3v) is 4.53. The zero-order chi connectivity index (χ0) is 21.6. The third-order valence-electron chi connectivity index (χ3n) is 4.53. The molecule has 5 heteroatoms. The molecule has 3 rings (SSSR count). The van der Waals surface area contributed by atoms with E-state index in [0.29, 0.717) is 16.4 Å². The van der Waals surface area contributed by atoms with Gasteiger partial charge in [0.15, 0.2) is 0 Å². The minimum Gasteiger partial charge on any atom is -0.306 e. The molecule has 0 aliphatic rings. The van der Waals surface area contributed by atoms with Gasteiger partial charge in [-0.2, -0.15) is 0 Å². The van der Waals surface area contributed by atoms with E-state index in [2.05, 4.69) is 20.8 Å². The molecule has 0 spiro atoms. The molecule has 0 aliphatic carbocycles. The summed E-state index contributed by atoms with van der Waals surface area (Å²) in [5.74, 6) is -1.24. The molecule has 0 atom stereocenters. The van der Waals surface area contributed by atoms with Gasteiger partial charge in [-0.1, -0.05) is 81.4 Å². The minimum absolute atomic E-state index is 0.0369. The van der Waals surface area contributed by atoms with Crippen LogP contribution in [0.4, 0.5) is 0 Å². The van der Waals surface area contributed by atoms with E-state index in [4.69, 9.17) is 9.68 Å². The summed E-state index contributed by atoms with van der Waals surface area (Å²) in [5.41, 5.74) is 2.58. The van der Waals surface area contributed by atoms with Crippen molar-refractivity contribution in [1.29, 1.82) is 0 Å². The Kier molecular flexibility index (Phi) is 6.65. The van der Waals surface area contributed by atoms with Gasteiger partial charge in [0.05, 0.1) is 5.56 Å². The molecule has 5 nitrogen and oxygen atoms in total. The third kappa shape index (κ3) is 5.55. The lowest BCUT2D eigenvalue weighted by Gasteiger charge is -2.21. The van der Waals surface area contributed by atoms with Gasteiger partial charge >= 0.3 is 11.9 Å². The molecule has 0 radical (unpaired) electrons. The average Bonchev–Trinajstić information content (AvgIpc) is 2.77. The number of rotatable bonds is 5. The van der Waals surface area contributed by atoms with E-state index >= 15 is 0 Å². The van der Waals surface area contributed by atoms with Crippen molar-refractivity contribution in [3.8, 4) is 0 Å². The van der Waals surface area contributed by atoms with Gasteiger partial charge in [-0.15, -0.1) is 0 Å². The monoisotopic (exact) mass is 403 g/mol. The Morgan fingerprint density at radius 1 is 0.767 bits per heavy atom. The summed E-state index contributed by atoms with van der Waals surface area (Å²) in [6.07, 6.45) is 0. The van der Waals surface area contributed by atoms with E-state index in [9.17, 15) is 9.59 Å². The van der Waals surface area contributed by atoms with Gasteiger partial charge in [0.25, 0.3) is 0 Å². The first-order chi connectivity index (χ1) is 14.3. The van der Waals surface area contributed by atoms with Gasteiger partial charge in [0, 0.05) is 5.56 Å². The second-order valence-electron chi connectivity index (χ2n) is 7.89. The number of carbonyl (C=O) groups is 2. The predicted molar refractivity (Wildman–Crippen MR) is 114 cm³/mol. The van der Waals surface area contributed by atoms with E-state index in [1.54, 1.807) is 42.5 Å². The fourth-order valence-corrected chi connectivity index (χ4v) is 2.75. The zero-order valence-corrected chi connectivity index (χ0v) is 17.4. The summed E-state index contributed by atoms with van der Waals surface area (Å²) < 4.78 is 0. The Hall–Kier alpha value is -3.44. The number of nitrogens with zero attached hydrogens (tertiary/aromatic N) is 1. The molecule has 0 heterocycles. The van der Waals surface area contributed by atoms with Crippen molar-refractivity contribution in [3.63, 3.8) is 0 Å². The lowest BCUT2D eigenvalue weighted by molar-refractivity contribution is -0.300. The Morgan fingerprint density at radius 2 is 1.33 bits per heavy atom. The molecule has 0 saturated heterocycles. The minimum atomic E-state index is -0.677. The molecule has 154 valence electrons. The van der Waals surface area contributed by atoms with Crippen molar-refractivity contribution >= 4 is 11.9 Å². The molecule has 3 aromatic rings. The first-order valence-electron chi connectivity index (χ1n) is 9.74. The molecule has 0 N–H and O–H groups in total. The fourth-order valence-electron chi connectivity index (χ4n) is 2.75. The van der Waals surface area contributed by atoms with Crippen LogP contribution in [0, 0.1) is 0 Å². The largest absolute Gasteiger partial charge is 0.366 e. The summed E-state index contributed by atoms with van der Waals surface area (Å²) in [4.78, 5) is 36.4. The van der Waals surface area contributed by atoms with E-state index in [-0.39, 0.29) is 12.0 Å². The molecule has 0 saturated carbocycles. The van der Waals surface area contributed by atoms with Gasteiger partial charge in [0.2, 0.25) is 0 Å². The standard InChI is InChI=1S/C25H25NO4/c1-25(2,3)22-16-14-20(15-17-22)23(27)26(29-18-19-10-6-4-7-11-19)30-24(28)21-12-8-5-9-13-21/h4-17H,18H2,1-3H3. The highest BCUT2D eigenvalue weighted by Crippen LogP contribution is 2.23. The van der Waals surface area contributed by atoms with Crippen LogP contribution in [0.25, 0.3) is 0 Å². The van der Waals surface area contributed by atoms with Crippen molar-refractivity contribution in [1.82, 2.24) is 5.23 Å². The number of hydroxylamine groups is 2. The van der Waals surface area contributed by atoms with Crippen LogP contribution in [0.15, 0.2) is 84.9 Å². The van der Waals surface area contributed by atoms with Crippen molar-refractivity contribution in [3.05, 3.63) is 107 Å². The van der Waals surface area contributed by atoms with Crippen molar-refractivity contribution < 1.29 is 19.3 Å². The van der Waals surface area contributed by atoms with Crippen LogP contribution in [-0.2, 0) is 21.7 Å². The molecule has 0 aliphatic heterocycles. The van der Waals surface area contributed by atoms with Gasteiger partial charge in [-0.25, -0.2) is 9.63 Å². The lowest BCUT2D eigenvalue weighted by Crippen LogP contribution is -2.34. The Morgan fingerprint density at radius 3 is 1.90 bits per heavy atom. The summed E-state index contributed by atoms with van der Waals surface area (Å²) in [6.45, 7) is 6.37. The highest BCUT2D eigenvalue weighted by Gasteiger charge is 2.24. The van der Waals surface area contributed by atoms with Crippen LogP contribution >= 0.6 is 0 Å². The van der Waals surface area contributed by atoms with Gasteiger partial charge in [0.1, 0.15) is 6.61 Å². The fraction of sp³-hybridized carbons (Fsp3) is 0.200. The maximum atomic E-state index is 13.0. The Labute approximate surface area is 176 Å². The van der Waals surface area contributed by atoms with Crippen LogP contribution in [0.5, 0.6) is 0 Å². The van der Waals surface area contributed by atoms with Crippen LogP contribution < -0.4 is 0 Å². The number of hydrogen-bond donors (Lipinski definition) is 0. The highest BCUT2D eigenvalue weighted by molar-refractivity contribution is 5.95. The van der Waals surface area contributed by atoms with Gasteiger partial charge in [-0.3, -0.25) is 4.79 Å². The zero-order valence-electron chi connectivity index (χ0n) is 17.4. The Balaban J connectivity index is 1.80. The highest BCUT2D eigenvalue weighted by atomic mass is 17.0. The lowest BCUT2D eigenvalue weighted by atomic mass is 9.87. The number of benzene rings is 3. The van der Waals surface area contributed by atoms with Crippen molar-refractivity contribution in [2.45, 2.75) is 32.8 Å². The average molecular weight is 403 g/mol. The van der Waals surface area contributed by atoms with Gasteiger partial charge < -0.3 is 4.84 Å². The summed E-state index contributed by atoms with van der Waals surface area (Å²) >= 11 is 0. The predicted octanol–water partition coefficient (Wildman–Crippen LogP) is 5.33. The number of hydrogen-bond acceptors (Lipinski definition) is 4. The van der Waals surface area contributed by atoms with Crippen LogP contribution in [0.2, 0.25) is 0 Å². The van der Waals surface area contributed by atoms with E-state index < -0.39 is 11.9 Å². The summed E-state index contributed by atoms with van der Waals surface area (Å²) in [5, 5.41) is 0.661. The quantitative estimate of drug-likeness (QED) is 0.540. The number of carbonyl (C=O) groups excluding carboxylic acids is 2. The molecule has 0 unspecified atom stereocenters. The topological polar surface area (TPSA) is 55.8 Å². The molecular weight excluding hydrogens is 378 g/mol. The van der Waals surface area contributed by atoms with Crippen molar-refractivity contribution in [2.75, 3.05) is 0 Å². The summed E-state index contributed by atoms with van der Waals surface area (Å²) in [7, 11) is 0.